The molecule has 0 saturated heterocycles. The number of benzene rings is 2. The van der Waals surface area contributed by atoms with Gasteiger partial charge in [-0.25, -0.2) is 0 Å². The van der Waals surface area contributed by atoms with E-state index in [2.05, 4.69) is 0 Å². The number of Topliss-reactive ketones (excluding diaryl/α,β-unsaturated/α-hetero) is 1. The lowest BCUT2D eigenvalue weighted by atomic mass is 9.87. The average Bonchev–Trinajstić information content (AvgIpc) is 2.54. The Hall–Kier alpha value is -2.42. The van der Waals surface area contributed by atoms with Crippen LogP contribution in [0.3, 0.4) is 0 Å². The van der Waals surface area contributed by atoms with Crippen molar-refractivity contribution >= 4 is 11.8 Å². The van der Waals surface area contributed by atoms with E-state index in [1.807, 2.05) is 57.2 Å². The second-order valence-electron chi connectivity index (χ2n) is 5.64. The number of esters is 1. The molecule has 0 spiro atoms. The number of hydrogen-bond acceptors (Lipinski definition) is 3. The highest BCUT2D eigenvalue weighted by atomic mass is 16.5. The molecular weight excluding hydrogens is 288 g/mol. The first-order chi connectivity index (χ1) is 11.1. The summed E-state index contributed by atoms with van der Waals surface area (Å²) in [7, 11) is 0. The van der Waals surface area contributed by atoms with E-state index >= 15 is 0 Å². The van der Waals surface area contributed by atoms with Gasteiger partial charge in [-0.1, -0.05) is 55.5 Å². The highest BCUT2D eigenvalue weighted by Gasteiger charge is 2.32. The lowest BCUT2D eigenvalue weighted by molar-refractivity contribution is -0.144. The van der Waals surface area contributed by atoms with Crippen LogP contribution in [0.1, 0.15) is 46.3 Å². The second kappa shape index (κ2) is 7.73. The number of carbonyl (C=O) groups is 2. The van der Waals surface area contributed by atoms with Crippen molar-refractivity contribution in [1.29, 1.82) is 0 Å². The molecule has 0 saturated carbocycles. The van der Waals surface area contributed by atoms with Gasteiger partial charge in [0.15, 0.2) is 5.78 Å². The SMILES string of the molecule is CCCOC(=O)C(C(=O)c1c(C)cccc1C)c1ccccc1. The monoisotopic (exact) mass is 310 g/mol. The fraction of sp³-hybridized carbons (Fsp3) is 0.300. The third kappa shape index (κ3) is 3.86. The van der Waals surface area contributed by atoms with Crippen molar-refractivity contribution in [2.75, 3.05) is 6.61 Å². The van der Waals surface area contributed by atoms with Crippen LogP contribution in [0.5, 0.6) is 0 Å². The summed E-state index contributed by atoms with van der Waals surface area (Å²) in [4.78, 5) is 25.6. The largest absolute Gasteiger partial charge is 0.465 e. The van der Waals surface area contributed by atoms with Gasteiger partial charge in [0, 0.05) is 5.56 Å². The van der Waals surface area contributed by atoms with Gasteiger partial charge in [0.25, 0.3) is 0 Å². The lowest BCUT2D eigenvalue weighted by Crippen LogP contribution is -2.26. The van der Waals surface area contributed by atoms with E-state index in [4.69, 9.17) is 4.74 Å². The van der Waals surface area contributed by atoms with E-state index in [1.54, 1.807) is 12.1 Å². The van der Waals surface area contributed by atoms with Gasteiger partial charge in [-0.2, -0.15) is 0 Å². The minimum Gasteiger partial charge on any atom is -0.465 e. The predicted molar refractivity (Wildman–Crippen MR) is 90.7 cm³/mol. The summed E-state index contributed by atoms with van der Waals surface area (Å²) in [5, 5.41) is 0. The lowest BCUT2D eigenvalue weighted by Gasteiger charge is -2.18. The van der Waals surface area contributed by atoms with Gasteiger partial charge in [0.1, 0.15) is 5.92 Å². The first-order valence-electron chi connectivity index (χ1n) is 7.88. The molecule has 3 nitrogen and oxygen atoms in total. The molecule has 0 amide bonds. The van der Waals surface area contributed by atoms with Gasteiger partial charge in [0.2, 0.25) is 0 Å². The maximum absolute atomic E-state index is 13.1. The Labute approximate surface area is 137 Å². The third-order valence-electron chi connectivity index (χ3n) is 3.81. The topological polar surface area (TPSA) is 43.4 Å². The zero-order chi connectivity index (χ0) is 16.8. The van der Waals surface area contributed by atoms with Crippen molar-refractivity contribution in [3.05, 3.63) is 70.8 Å². The fourth-order valence-electron chi connectivity index (χ4n) is 2.67. The van der Waals surface area contributed by atoms with Crippen LogP contribution in [0.15, 0.2) is 48.5 Å². The van der Waals surface area contributed by atoms with Crippen LogP contribution in [-0.4, -0.2) is 18.4 Å². The molecule has 1 atom stereocenters. The van der Waals surface area contributed by atoms with E-state index in [0.717, 1.165) is 17.5 Å². The smallest absolute Gasteiger partial charge is 0.321 e. The maximum atomic E-state index is 13.1. The van der Waals surface area contributed by atoms with Crippen molar-refractivity contribution < 1.29 is 14.3 Å². The highest BCUT2D eigenvalue weighted by Crippen LogP contribution is 2.26. The predicted octanol–water partition coefficient (Wildman–Crippen LogP) is 4.22. The molecule has 2 rings (SSSR count). The Morgan fingerprint density at radius 1 is 0.957 bits per heavy atom. The first-order valence-corrected chi connectivity index (χ1v) is 7.88. The number of aryl methyl sites for hydroxylation is 2. The molecule has 0 aromatic heterocycles. The summed E-state index contributed by atoms with van der Waals surface area (Å²) in [6, 6.07) is 14.8. The molecule has 0 aliphatic heterocycles. The molecule has 0 heterocycles. The van der Waals surface area contributed by atoms with Gasteiger partial charge in [-0.15, -0.1) is 0 Å². The van der Waals surface area contributed by atoms with Gasteiger partial charge in [0.05, 0.1) is 6.61 Å². The molecule has 0 aliphatic carbocycles. The van der Waals surface area contributed by atoms with E-state index in [0.29, 0.717) is 17.7 Å². The number of hydrogen-bond donors (Lipinski definition) is 0. The molecule has 0 aliphatic rings. The Bertz CT molecular complexity index is 669. The van der Waals surface area contributed by atoms with E-state index < -0.39 is 11.9 Å². The fourth-order valence-corrected chi connectivity index (χ4v) is 2.67. The molecule has 120 valence electrons. The Balaban J connectivity index is 2.45. The molecule has 0 bridgehead atoms. The van der Waals surface area contributed by atoms with Crippen LogP contribution in [0, 0.1) is 13.8 Å². The highest BCUT2D eigenvalue weighted by molar-refractivity contribution is 6.14. The summed E-state index contributed by atoms with van der Waals surface area (Å²) in [5.74, 6) is -1.60. The van der Waals surface area contributed by atoms with Crippen LogP contribution in [0.4, 0.5) is 0 Å². The summed E-state index contributed by atoms with van der Waals surface area (Å²) in [6.07, 6.45) is 0.727. The summed E-state index contributed by atoms with van der Waals surface area (Å²) >= 11 is 0. The van der Waals surface area contributed by atoms with Crippen molar-refractivity contribution in [2.24, 2.45) is 0 Å². The number of ketones is 1. The Morgan fingerprint density at radius 3 is 2.13 bits per heavy atom. The van der Waals surface area contributed by atoms with E-state index in [1.165, 1.54) is 0 Å². The molecule has 0 N–H and O–H groups in total. The molecule has 2 aromatic carbocycles. The maximum Gasteiger partial charge on any atom is 0.321 e. The van der Waals surface area contributed by atoms with Crippen LogP contribution in [-0.2, 0) is 9.53 Å². The molecule has 1 unspecified atom stereocenters. The van der Waals surface area contributed by atoms with E-state index in [9.17, 15) is 9.59 Å². The van der Waals surface area contributed by atoms with Crippen molar-refractivity contribution in [1.82, 2.24) is 0 Å². The van der Waals surface area contributed by atoms with Crippen molar-refractivity contribution in [3.63, 3.8) is 0 Å². The van der Waals surface area contributed by atoms with Crippen LogP contribution in [0.2, 0.25) is 0 Å². The normalized spacial score (nSPS) is 11.8. The van der Waals surface area contributed by atoms with Crippen LogP contribution in [0.25, 0.3) is 0 Å². The van der Waals surface area contributed by atoms with Crippen LogP contribution >= 0.6 is 0 Å². The van der Waals surface area contributed by atoms with E-state index in [-0.39, 0.29) is 5.78 Å². The average molecular weight is 310 g/mol. The van der Waals surface area contributed by atoms with Crippen LogP contribution < -0.4 is 0 Å². The molecule has 2 aromatic rings. The van der Waals surface area contributed by atoms with Gasteiger partial charge < -0.3 is 4.74 Å². The van der Waals surface area contributed by atoms with Crippen molar-refractivity contribution in [2.45, 2.75) is 33.1 Å². The number of carbonyl (C=O) groups excluding carboxylic acids is 2. The number of rotatable bonds is 6. The zero-order valence-electron chi connectivity index (χ0n) is 13.8. The van der Waals surface area contributed by atoms with Gasteiger partial charge in [-0.05, 0) is 37.0 Å². The third-order valence-corrected chi connectivity index (χ3v) is 3.81. The standard InChI is InChI=1S/C20H22O3/c1-4-13-23-20(22)18(16-11-6-5-7-12-16)19(21)17-14(2)9-8-10-15(17)3/h5-12,18H,4,13H2,1-3H3. The summed E-state index contributed by atoms with van der Waals surface area (Å²) < 4.78 is 5.27. The molecule has 23 heavy (non-hydrogen) atoms. The minimum atomic E-state index is -0.914. The Morgan fingerprint density at radius 2 is 1.57 bits per heavy atom. The molecular formula is C20H22O3. The van der Waals surface area contributed by atoms with Crippen molar-refractivity contribution in [3.8, 4) is 0 Å². The summed E-state index contributed by atoms with van der Waals surface area (Å²) in [5.41, 5.74) is 3.02. The summed E-state index contributed by atoms with van der Waals surface area (Å²) in [6.45, 7) is 6.03. The Kier molecular flexibility index (Phi) is 5.69. The molecule has 0 fully saturated rings. The minimum absolute atomic E-state index is 0.201. The molecule has 0 radical (unpaired) electrons. The first kappa shape index (κ1) is 16.9. The zero-order valence-corrected chi connectivity index (χ0v) is 13.8. The van der Waals surface area contributed by atoms with Gasteiger partial charge in [-0.3, -0.25) is 9.59 Å². The second-order valence-corrected chi connectivity index (χ2v) is 5.64. The molecule has 3 heteroatoms. The quantitative estimate of drug-likeness (QED) is 0.456. The van der Waals surface area contributed by atoms with Gasteiger partial charge >= 0.3 is 5.97 Å². The number of ether oxygens (including phenoxy) is 1.